The third kappa shape index (κ3) is 3.89. The maximum absolute atomic E-state index is 11.9. The summed E-state index contributed by atoms with van der Waals surface area (Å²) in [6.45, 7) is 4.50. The van der Waals surface area contributed by atoms with Crippen molar-refractivity contribution >= 4 is 11.6 Å². The van der Waals surface area contributed by atoms with E-state index >= 15 is 0 Å². The zero-order valence-electron chi connectivity index (χ0n) is 12.3. The van der Waals surface area contributed by atoms with Gasteiger partial charge < -0.3 is 15.8 Å². The first kappa shape index (κ1) is 14.7. The van der Waals surface area contributed by atoms with Crippen LogP contribution in [0.15, 0.2) is 24.3 Å². The van der Waals surface area contributed by atoms with Crippen molar-refractivity contribution in [3.8, 4) is 5.75 Å². The Bertz CT molecular complexity index is 462. The topological polar surface area (TPSA) is 64.3 Å². The van der Waals surface area contributed by atoms with Gasteiger partial charge in [0, 0.05) is 6.04 Å². The lowest BCUT2D eigenvalue weighted by Gasteiger charge is -2.33. The van der Waals surface area contributed by atoms with Gasteiger partial charge in [-0.1, -0.05) is 26.0 Å². The molecule has 3 unspecified atom stereocenters. The minimum Gasteiger partial charge on any atom is -0.482 e. The number of carbonyl (C=O) groups is 1. The summed E-state index contributed by atoms with van der Waals surface area (Å²) in [6, 6.07) is 7.49. The van der Waals surface area contributed by atoms with Crippen LogP contribution in [0.2, 0.25) is 0 Å². The second kappa shape index (κ2) is 6.64. The Kier molecular flexibility index (Phi) is 4.88. The van der Waals surface area contributed by atoms with Crippen LogP contribution in [0.3, 0.4) is 0 Å². The van der Waals surface area contributed by atoms with Crippen LogP contribution in [0.5, 0.6) is 5.75 Å². The molecule has 3 N–H and O–H groups in total. The van der Waals surface area contributed by atoms with Gasteiger partial charge in [0.1, 0.15) is 5.75 Å². The summed E-state index contributed by atoms with van der Waals surface area (Å²) < 4.78 is 5.46. The van der Waals surface area contributed by atoms with Crippen LogP contribution < -0.4 is 15.8 Å². The molecule has 1 aromatic carbocycles. The summed E-state index contributed by atoms with van der Waals surface area (Å²) in [6.07, 6.45) is 3.42. The number of benzene rings is 1. The van der Waals surface area contributed by atoms with E-state index in [1.165, 1.54) is 12.8 Å². The summed E-state index contributed by atoms with van der Waals surface area (Å²) >= 11 is 0. The average molecular weight is 276 g/mol. The van der Waals surface area contributed by atoms with Gasteiger partial charge in [-0.3, -0.25) is 4.79 Å². The van der Waals surface area contributed by atoms with Gasteiger partial charge in [-0.15, -0.1) is 0 Å². The molecule has 1 amide bonds. The Morgan fingerprint density at radius 1 is 1.35 bits per heavy atom. The van der Waals surface area contributed by atoms with Crippen LogP contribution in [-0.4, -0.2) is 18.6 Å². The van der Waals surface area contributed by atoms with Crippen molar-refractivity contribution < 1.29 is 9.53 Å². The molecule has 4 heteroatoms. The fraction of sp³-hybridized carbons (Fsp3) is 0.562. The summed E-state index contributed by atoms with van der Waals surface area (Å²) in [4.78, 5) is 11.9. The number of anilines is 1. The molecule has 0 heterocycles. The highest BCUT2D eigenvalue weighted by atomic mass is 16.5. The molecule has 0 radical (unpaired) electrons. The van der Waals surface area contributed by atoms with E-state index in [0.29, 0.717) is 17.4 Å². The standard InChI is InChI=1S/C16H24N2O2/c1-11-7-8-14(12(2)9-11)18-16(19)10-20-15-6-4-3-5-13(15)17/h3-6,11-12,14H,7-10,17H2,1-2H3,(H,18,19). The lowest BCUT2D eigenvalue weighted by Crippen LogP contribution is -2.44. The first-order chi connectivity index (χ1) is 9.56. The van der Waals surface area contributed by atoms with E-state index in [0.717, 1.165) is 12.3 Å². The molecule has 1 aromatic rings. The van der Waals surface area contributed by atoms with Gasteiger partial charge in [0.25, 0.3) is 5.91 Å². The zero-order valence-corrected chi connectivity index (χ0v) is 12.3. The fourth-order valence-corrected chi connectivity index (χ4v) is 2.88. The molecule has 110 valence electrons. The monoisotopic (exact) mass is 276 g/mol. The smallest absolute Gasteiger partial charge is 0.258 e. The van der Waals surface area contributed by atoms with Gasteiger partial charge in [-0.2, -0.15) is 0 Å². The normalized spacial score (nSPS) is 26.0. The molecular weight excluding hydrogens is 252 g/mol. The highest BCUT2D eigenvalue weighted by Gasteiger charge is 2.26. The highest BCUT2D eigenvalue weighted by Crippen LogP contribution is 2.28. The number of nitrogens with one attached hydrogen (secondary N) is 1. The maximum atomic E-state index is 11.9. The number of para-hydroxylation sites is 2. The number of amides is 1. The van der Waals surface area contributed by atoms with E-state index < -0.39 is 0 Å². The molecule has 2 rings (SSSR count). The van der Waals surface area contributed by atoms with Gasteiger partial charge in [0.05, 0.1) is 5.69 Å². The highest BCUT2D eigenvalue weighted by molar-refractivity contribution is 5.78. The summed E-state index contributed by atoms with van der Waals surface area (Å²) in [5.74, 6) is 1.79. The Labute approximate surface area is 120 Å². The summed E-state index contributed by atoms with van der Waals surface area (Å²) in [7, 11) is 0. The zero-order chi connectivity index (χ0) is 14.5. The van der Waals surface area contributed by atoms with E-state index in [4.69, 9.17) is 10.5 Å². The molecule has 1 aliphatic rings. The van der Waals surface area contributed by atoms with Gasteiger partial charge >= 0.3 is 0 Å². The summed E-state index contributed by atoms with van der Waals surface area (Å²) in [5, 5.41) is 3.07. The largest absolute Gasteiger partial charge is 0.482 e. The molecular formula is C16H24N2O2. The average Bonchev–Trinajstić information content (AvgIpc) is 2.41. The minimum absolute atomic E-state index is 0.0208. The Morgan fingerprint density at radius 3 is 2.80 bits per heavy atom. The van der Waals surface area contributed by atoms with E-state index in [1.54, 1.807) is 12.1 Å². The number of carbonyl (C=O) groups excluding carboxylic acids is 1. The van der Waals surface area contributed by atoms with Crippen molar-refractivity contribution in [1.82, 2.24) is 5.32 Å². The molecule has 0 bridgehead atoms. The fourth-order valence-electron chi connectivity index (χ4n) is 2.88. The van der Waals surface area contributed by atoms with Crippen LogP contribution in [0.1, 0.15) is 33.1 Å². The number of ether oxygens (including phenoxy) is 1. The molecule has 0 aliphatic heterocycles. The van der Waals surface area contributed by atoms with Crippen molar-refractivity contribution in [3.05, 3.63) is 24.3 Å². The molecule has 0 saturated heterocycles. The first-order valence-corrected chi connectivity index (χ1v) is 7.33. The molecule has 0 spiro atoms. The van der Waals surface area contributed by atoms with Gasteiger partial charge in [-0.25, -0.2) is 0 Å². The quantitative estimate of drug-likeness (QED) is 0.831. The predicted octanol–water partition coefficient (Wildman–Crippen LogP) is 2.59. The van der Waals surface area contributed by atoms with E-state index in [1.807, 2.05) is 12.1 Å². The van der Waals surface area contributed by atoms with Gasteiger partial charge in [0.15, 0.2) is 6.61 Å². The molecule has 0 aromatic heterocycles. The molecule has 20 heavy (non-hydrogen) atoms. The molecule has 1 saturated carbocycles. The number of rotatable bonds is 4. The van der Waals surface area contributed by atoms with Gasteiger partial charge in [0.2, 0.25) is 0 Å². The van der Waals surface area contributed by atoms with E-state index in [2.05, 4.69) is 19.2 Å². The first-order valence-electron chi connectivity index (χ1n) is 7.33. The molecule has 1 aliphatic carbocycles. The number of nitrogens with two attached hydrogens (primary N) is 1. The number of hydrogen-bond donors (Lipinski definition) is 2. The second-order valence-corrected chi connectivity index (χ2v) is 5.90. The molecule has 3 atom stereocenters. The van der Waals surface area contributed by atoms with Crippen molar-refractivity contribution in [1.29, 1.82) is 0 Å². The molecule has 1 fully saturated rings. The van der Waals surface area contributed by atoms with Crippen LogP contribution in [0.25, 0.3) is 0 Å². The van der Waals surface area contributed by atoms with Crippen LogP contribution >= 0.6 is 0 Å². The Morgan fingerprint density at radius 2 is 2.10 bits per heavy atom. The van der Waals surface area contributed by atoms with E-state index in [-0.39, 0.29) is 18.6 Å². The number of nitrogen functional groups attached to an aromatic ring is 1. The predicted molar refractivity (Wildman–Crippen MR) is 80.5 cm³/mol. The Hall–Kier alpha value is -1.71. The second-order valence-electron chi connectivity index (χ2n) is 5.90. The van der Waals surface area contributed by atoms with Crippen molar-refractivity contribution in [2.75, 3.05) is 12.3 Å². The molecule has 4 nitrogen and oxygen atoms in total. The van der Waals surface area contributed by atoms with Crippen molar-refractivity contribution in [2.45, 2.75) is 39.2 Å². The lowest BCUT2D eigenvalue weighted by atomic mass is 9.80. The van der Waals surface area contributed by atoms with Crippen molar-refractivity contribution in [3.63, 3.8) is 0 Å². The van der Waals surface area contributed by atoms with Gasteiger partial charge in [-0.05, 0) is 43.2 Å². The third-order valence-corrected chi connectivity index (χ3v) is 4.06. The van der Waals surface area contributed by atoms with Crippen molar-refractivity contribution in [2.24, 2.45) is 11.8 Å². The lowest BCUT2D eigenvalue weighted by molar-refractivity contribution is -0.124. The summed E-state index contributed by atoms with van der Waals surface area (Å²) in [5.41, 5.74) is 6.33. The Balaban J connectivity index is 1.80. The van der Waals surface area contributed by atoms with Crippen LogP contribution in [0.4, 0.5) is 5.69 Å². The minimum atomic E-state index is -0.0698. The SMILES string of the molecule is CC1CCC(NC(=O)COc2ccccc2N)C(C)C1. The van der Waals surface area contributed by atoms with E-state index in [9.17, 15) is 4.79 Å². The number of hydrogen-bond acceptors (Lipinski definition) is 3. The third-order valence-electron chi connectivity index (χ3n) is 4.06. The maximum Gasteiger partial charge on any atom is 0.258 e. The van der Waals surface area contributed by atoms with Crippen LogP contribution in [0, 0.1) is 11.8 Å². The van der Waals surface area contributed by atoms with Crippen LogP contribution in [-0.2, 0) is 4.79 Å².